The average Bonchev–Trinajstić information content (AvgIpc) is 2.64. The number of halogens is 1. The van der Waals surface area contributed by atoms with Gasteiger partial charge in [0.05, 0.1) is 10.0 Å². The molecule has 0 aliphatic heterocycles. The number of amides is 1. The molecular formula is C14H15BrN2O2. The number of carbonyl (C=O) groups is 1. The highest BCUT2D eigenvalue weighted by Gasteiger charge is 2.19. The Morgan fingerprint density at radius 2 is 2.16 bits per heavy atom. The summed E-state index contributed by atoms with van der Waals surface area (Å²) in [4.78, 5) is 16.3. The van der Waals surface area contributed by atoms with Gasteiger partial charge in [-0.3, -0.25) is 9.78 Å². The minimum Gasteiger partial charge on any atom is -0.465 e. The molecule has 0 saturated heterocycles. The summed E-state index contributed by atoms with van der Waals surface area (Å²) in [6, 6.07) is 5.75. The van der Waals surface area contributed by atoms with Crippen LogP contribution in [0.25, 0.3) is 0 Å². The third kappa shape index (κ3) is 3.23. The Balaban J connectivity index is 1.95. The first-order valence-corrected chi connectivity index (χ1v) is 6.82. The van der Waals surface area contributed by atoms with Gasteiger partial charge in [0.2, 0.25) is 0 Å². The maximum absolute atomic E-state index is 12.1. The van der Waals surface area contributed by atoms with E-state index in [2.05, 4.69) is 26.2 Å². The summed E-state index contributed by atoms with van der Waals surface area (Å²) in [5.41, 5.74) is 1.53. The highest BCUT2D eigenvalue weighted by molar-refractivity contribution is 9.10. The van der Waals surface area contributed by atoms with E-state index in [9.17, 15) is 4.79 Å². The van der Waals surface area contributed by atoms with Crippen LogP contribution >= 0.6 is 15.9 Å². The number of aromatic nitrogens is 1. The number of nitrogens with zero attached hydrogens (tertiary/aromatic N) is 1. The fourth-order valence-electron chi connectivity index (χ4n) is 1.85. The van der Waals surface area contributed by atoms with Crippen LogP contribution in [0.3, 0.4) is 0 Å². The van der Waals surface area contributed by atoms with Crippen LogP contribution in [-0.4, -0.2) is 17.4 Å². The van der Waals surface area contributed by atoms with Gasteiger partial charge in [0.15, 0.2) is 0 Å². The van der Waals surface area contributed by atoms with Crippen molar-refractivity contribution in [3.05, 3.63) is 51.6 Å². The van der Waals surface area contributed by atoms with E-state index < -0.39 is 0 Å². The van der Waals surface area contributed by atoms with Gasteiger partial charge in [-0.2, -0.15) is 0 Å². The maximum Gasteiger partial charge on any atom is 0.256 e. The number of aryl methyl sites for hydroxylation is 2. The second kappa shape index (κ2) is 6.02. The van der Waals surface area contributed by atoms with Crippen molar-refractivity contribution < 1.29 is 9.21 Å². The van der Waals surface area contributed by atoms with Gasteiger partial charge >= 0.3 is 0 Å². The summed E-state index contributed by atoms with van der Waals surface area (Å²) in [7, 11) is 0. The first kappa shape index (κ1) is 13.8. The van der Waals surface area contributed by atoms with Crippen molar-refractivity contribution in [3.8, 4) is 0 Å². The minimum atomic E-state index is -0.128. The second-order valence-corrected chi connectivity index (χ2v) is 5.02. The molecule has 2 rings (SSSR count). The number of hydrogen-bond acceptors (Lipinski definition) is 3. The summed E-state index contributed by atoms with van der Waals surface area (Å²) >= 11 is 3.37. The zero-order chi connectivity index (χ0) is 13.8. The molecule has 0 atom stereocenters. The van der Waals surface area contributed by atoms with E-state index >= 15 is 0 Å². The first-order chi connectivity index (χ1) is 9.09. The lowest BCUT2D eigenvalue weighted by Gasteiger charge is -2.04. The fraction of sp³-hybridized carbons (Fsp3) is 0.286. The van der Waals surface area contributed by atoms with Gasteiger partial charge in [0, 0.05) is 24.9 Å². The van der Waals surface area contributed by atoms with Gasteiger partial charge in [0.1, 0.15) is 11.5 Å². The summed E-state index contributed by atoms with van der Waals surface area (Å²) in [5.74, 6) is 1.21. The van der Waals surface area contributed by atoms with Crippen molar-refractivity contribution in [2.45, 2.75) is 20.3 Å². The molecule has 19 heavy (non-hydrogen) atoms. The molecule has 0 unspecified atom stereocenters. The molecule has 0 aliphatic rings. The minimum absolute atomic E-state index is 0.128. The van der Waals surface area contributed by atoms with Crippen molar-refractivity contribution >= 4 is 21.8 Å². The molecule has 0 aromatic carbocycles. The first-order valence-electron chi connectivity index (χ1n) is 6.03. The third-order valence-electron chi connectivity index (χ3n) is 2.81. The van der Waals surface area contributed by atoms with Crippen LogP contribution in [0.5, 0.6) is 0 Å². The van der Waals surface area contributed by atoms with E-state index in [1.165, 1.54) is 0 Å². The van der Waals surface area contributed by atoms with E-state index in [4.69, 9.17) is 4.42 Å². The molecule has 0 aliphatic carbocycles. The molecule has 100 valence electrons. The Kier molecular flexibility index (Phi) is 4.37. The lowest BCUT2D eigenvalue weighted by Crippen LogP contribution is -2.26. The third-order valence-corrected chi connectivity index (χ3v) is 3.76. The van der Waals surface area contributed by atoms with Crippen LogP contribution in [-0.2, 0) is 6.42 Å². The highest BCUT2D eigenvalue weighted by atomic mass is 79.9. The lowest BCUT2D eigenvalue weighted by molar-refractivity contribution is 0.0952. The van der Waals surface area contributed by atoms with Crippen molar-refractivity contribution in [2.24, 2.45) is 0 Å². The van der Waals surface area contributed by atoms with Gasteiger partial charge in [0.25, 0.3) is 5.91 Å². The van der Waals surface area contributed by atoms with Gasteiger partial charge in [-0.25, -0.2) is 0 Å². The number of hydrogen-bond donors (Lipinski definition) is 1. The number of carbonyl (C=O) groups excluding carboxylic acids is 1. The molecule has 0 radical (unpaired) electrons. The number of rotatable bonds is 4. The second-order valence-electron chi connectivity index (χ2n) is 4.23. The van der Waals surface area contributed by atoms with Crippen molar-refractivity contribution in [1.29, 1.82) is 0 Å². The van der Waals surface area contributed by atoms with Crippen LogP contribution in [0.15, 0.2) is 33.3 Å². The predicted octanol–water partition coefficient (Wildman–Crippen LogP) is 3.03. The van der Waals surface area contributed by atoms with Crippen molar-refractivity contribution in [2.75, 3.05) is 6.54 Å². The van der Waals surface area contributed by atoms with Gasteiger partial charge < -0.3 is 9.73 Å². The summed E-state index contributed by atoms with van der Waals surface area (Å²) < 4.78 is 6.13. The van der Waals surface area contributed by atoms with Gasteiger partial charge in [-0.05, 0) is 41.9 Å². The van der Waals surface area contributed by atoms with E-state index in [0.717, 1.165) is 10.2 Å². The largest absolute Gasteiger partial charge is 0.465 e. The number of furan rings is 1. The molecular weight excluding hydrogens is 308 g/mol. The molecule has 0 saturated carbocycles. The molecule has 0 fully saturated rings. The number of pyridine rings is 1. The SMILES string of the molecule is Cc1oc(C)c(C(=O)NCCc2ccccn2)c1Br. The van der Waals surface area contributed by atoms with E-state index in [1.807, 2.05) is 25.1 Å². The lowest BCUT2D eigenvalue weighted by atomic mass is 10.2. The Morgan fingerprint density at radius 3 is 2.74 bits per heavy atom. The Labute approximate surface area is 120 Å². The summed E-state index contributed by atoms with van der Waals surface area (Å²) in [6.45, 7) is 4.15. The quantitative estimate of drug-likeness (QED) is 0.941. The van der Waals surface area contributed by atoms with Gasteiger partial charge in [-0.15, -0.1) is 0 Å². The molecule has 2 heterocycles. The van der Waals surface area contributed by atoms with Crippen LogP contribution in [0, 0.1) is 13.8 Å². The van der Waals surface area contributed by atoms with E-state index in [-0.39, 0.29) is 5.91 Å². The van der Waals surface area contributed by atoms with Crippen LogP contribution in [0.1, 0.15) is 27.6 Å². The molecule has 2 aromatic rings. The van der Waals surface area contributed by atoms with Crippen molar-refractivity contribution in [3.63, 3.8) is 0 Å². The molecule has 0 bridgehead atoms. The van der Waals surface area contributed by atoms with E-state index in [0.29, 0.717) is 30.0 Å². The zero-order valence-corrected chi connectivity index (χ0v) is 12.5. The molecule has 0 spiro atoms. The van der Waals surface area contributed by atoms with Crippen molar-refractivity contribution in [1.82, 2.24) is 10.3 Å². The van der Waals surface area contributed by atoms with Crippen LogP contribution in [0.4, 0.5) is 0 Å². The fourth-order valence-corrected chi connectivity index (χ4v) is 2.39. The molecule has 1 N–H and O–H groups in total. The zero-order valence-electron chi connectivity index (χ0n) is 10.9. The summed E-state index contributed by atoms with van der Waals surface area (Å²) in [5, 5.41) is 2.87. The standard InChI is InChI=1S/C14H15BrN2O2/c1-9-12(13(15)10(2)19-9)14(18)17-8-6-11-5-3-4-7-16-11/h3-5,7H,6,8H2,1-2H3,(H,17,18). The monoisotopic (exact) mass is 322 g/mol. The molecule has 2 aromatic heterocycles. The Morgan fingerprint density at radius 1 is 1.37 bits per heavy atom. The Bertz CT molecular complexity index is 579. The molecule has 5 heteroatoms. The average molecular weight is 323 g/mol. The highest BCUT2D eigenvalue weighted by Crippen LogP contribution is 2.26. The molecule has 1 amide bonds. The van der Waals surface area contributed by atoms with Crippen LogP contribution < -0.4 is 5.32 Å². The predicted molar refractivity (Wildman–Crippen MR) is 76.2 cm³/mol. The normalized spacial score (nSPS) is 10.5. The topological polar surface area (TPSA) is 55.1 Å². The number of nitrogens with one attached hydrogen (secondary N) is 1. The smallest absolute Gasteiger partial charge is 0.256 e. The van der Waals surface area contributed by atoms with Crippen LogP contribution in [0.2, 0.25) is 0 Å². The Hall–Kier alpha value is -1.62. The van der Waals surface area contributed by atoms with Gasteiger partial charge in [-0.1, -0.05) is 6.07 Å². The summed E-state index contributed by atoms with van der Waals surface area (Å²) in [6.07, 6.45) is 2.46. The molecule has 4 nitrogen and oxygen atoms in total. The van der Waals surface area contributed by atoms with E-state index in [1.54, 1.807) is 13.1 Å². The maximum atomic E-state index is 12.1.